The van der Waals surface area contributed by atoms with E-state index in [4.69, 9.17) is 0 Å². The highest BCUT2D eigenvalue weighted by Gasteiger charge is 2.15. The van der Waals surface area contributed by atoms with Gasteiger partial charge in [-0.3, -0.25) is 4.79 Å². The topological polar surface area (TPSA) is 40.5 Å². The van der Waals surface area contributed by atoms with Gasteiger partial charge in [0.2, 0.25) is 0 Å². The zero-order valence-electron chi connectivity index (χ0n) is 9.86. The third kappa shape index (κ3) is 2.92. The minimum Gasteiger partial charge on any atom is -0.507 e. The molecule has 0 unspecified atom stereocenters. The van der Waals surface area contributed by atoms with Gasteiger partial charge in [-0.15, -0.1) is 0 Å². The molecule has 0 aliphatic carbocycles. The largest absolute Gasteiger partial charge is 0.507 e. The number of benzene rings is 1. The molecule has 4 heteroatoms. The number of phenolic OH excluding ortho intramolecular Hbond substituents is 1. The number of nitrogens with zero attached hydrogens (tertiary/aromatic N) is 1. The number of hydrogen-bond donors (Lipinski definition) is 1. The quantitative estimate of drug-likeness (QED) is 0.875. The van der Waals surface area contributed by atoms with Gasteiger partial charge in [-0.2, -0.15) is 11.8 Å². The number of carbonyl (C=O) groups excluding carboxylic acids is 1. The molecule has 0 radical (unpaired) electrons. The number of carbonyl (C=O) groups is 1. The maximum atomic E-state index is 12.0. The Morgan fingerprint density at radius 1 is 1.50 bits per heavy atom. The minimum atomic E-state index is -0.129. The third-order valence-electron chi connectivity index (χ3n) is 2.45. The third-order valence-corrected chi connectivity index (χ3v) is 3.04. The highest BCUT2D eigenvalue weighted by atomic mass is 32.2. The average Bonchev–Trinajstić information content (AvgIpc) is 2.28. The number of para-hydroxylation sites is 1. The van der Waals surface area contributed by atoms with Gasteiger partial charge in [0.1, 0.15) is 5.75 Å². The molecule has 0 spiro atoms. The van der Waals surface area contributed by atoms with Crippen molar-refractivity contribution in [1.82, 2.24) is 4.90 Å². The number of aromatic hydroxyl groups is 1. The Bertz CT molecular complexity index is 379. The molecule has 0 aromatic heterocycles. The van der Waals surface area contributed by atoms with E-state index < -0.39 is 0 Å². The Morgan fingerprint density at radius 3 is 2.81 bits per heavy atom. The van der Waals surface area contributed by atoms with Crippen LogP contribution in [-0.2, 0) is 0 Å². The zero-order valence-corrected chi connectivity index (χ0v) is 10.7. The highest BCUT2D eigenvalue weighted by molar-refractivity contribution is 7.98. The number of amides is 1. The van der Waals surface area contributed by atoms with Gasteiger partial charge in [0.25, 0.3) is 5.91 Å². The monoisotopic (exact) mass is 239 g/mol. The molecule has 16 heavy (non-hydrogen) atoms. The second-order valence-electron chi connectivity index (χ2n) is 3.69. The summed E-state index contributed by atoms with van der Waals surface area (Å²) in [5.41, 5.74) is 1.10. The fourth-order valence-electron chi connectivity index (χ4n) is 1.37. The zero-order chi connectivity index (χ0) is 12.1. The Morgan fingerprint density at radius 2 is 2.19 bits per heavy atom. The summed E-state index contributed by atoms with van der Waals surface area (Å²) in [6, 6.07) is 5.22. The SMILES string of the molecule is CSCCN(C)C(=O)c1cccc(C)c1O. The van der Waals surface area contributed by atoms with E-state index in [-0.39, 0.29) is 11.7 Å². The van der Waals surface area contributed by atoms with E-state index in [0.717, 1.165) is 11.3 Å². The maximum Gasteiger partial charge on any atom is 0.257 e. The Labute approximate surface area is 100 Å². The number of aryl methyl sites for hydroxylation is 1. The van der Waals surface area contributed by atoms with Crippen LogP contribution in [0.4, 0.5) is 0 Å². The first-order chi connectivity index (χ1) is 7.57. The fraction of sp³-hybridized carbons (Fsp3) is 0.417. The molecule has 0 saturated carbocycles. The molecule has 88 valence electrons. The van der Waals surface area contributed by atoms with Gasteiger partial charge in [0, 0.05) is 19.3 Å². The summed E-state index contributed by atoms with van der Waals surface area (Å²) in [5.74, 6) is 0.855. The van der Waals surface area contributed by atoms with Crippen molar-refractivity contribution < 1.29 is 9.90 Å². The van der Waals surface area contributed by atoms with Crippen LogP contribution in [0.5, 0.6) is 5.75 Å². The molecule has 0 aliphatic heterocycles. The summed E-state index contributed by atoms with van der Waals surface area (Å²) in [6.07, 6.45) is 2.00. The molecule has 1 rings (SSSR count). The molecule has 1 N–H and O–H groups in total. The molecule has 0 heterocycles. The predicted molar refractivity (Wildman–Crippen MR) is 68.2 cm³/mol. The van der Waals surface area contributed by atoms with Crippen LogP contribution >= 0.6 is 11.8 Å². The summed E-state index contributed by atoms with van der Waals surface area (Å²) < 4.78 is 0. The van der Waals surface area contributed by atoms with Gasteiger partial charge in [-0.05, 0) is 24.8 Å². The molecule has 0 fully saturated rings. The molecular weight excluding hydrogens is 222 g/mol. The minimum absolute atomic E-state index is 0.0866. The van der Waals surface area contributed by atoms with Crippen molar-refractivity contribution in [3.8, 4) is 5.75 Å². The Hall–Kier alpha value is -1.16. The lowest BCUT2D eigenvalue weighted by atomic mass is 10.1. The van der Waals surface area contributed by atoms with E-state index in [9.17, 15) is 9.90 Å². The molecule has 0 bridgehead atoms. The number of phenols is 1. The first kappa shape index (κ1) is 12.9. The van der Waals surface area contributed by atoms with E-state index in [0.29, 0.717) is 12.1 Å². The summed E-state index contributed by atoms with van der Waals surface area (Å²) in [6.45, 7) is 2.47. The normalized spacial score (nSPS) is 10.2. The summed E-state index contributed by atoms with van der Waals surface area (Å²) in [5, 5.41) is 9.79. The fourth-order valence-corrected chi connectivity index (χ4v) is 1.82. The van der Waals surface area contributed by atoms with E-state index in [2.05, 4.69) is 0 Å². The summed E-state index contributed by atoms with van der Waals surface area (Å²) in [7, 11) is 1.75. The number of thioether (sulfide) groups is 1. The van der Waals surface area contributed by atoms with Crippen molar-refractivity contribution in [2.75, 3.05) is 25.6 Å². The van der Waals surface area contributed by atoms with Crippen LogP contribution in [0, 0.1) is 6.92 Å². The first-order valence-electron chi connectivity index (χ1n) is 5.11. The van der Waals surface area contributed by atoms with E-state index in [1.807, 2.05) is 6.26 Å². The van der Waals surface area contributed by atoms with Gasteiger partial charge in [0.05, 0.1) is 5.56 Å². The number of rotatable bonds is 4. The smallest absolute Gasteiger partial charge is 0.257 e. The van der Waals surface area contributed by atoms with Gasteiger partial charge in [-0.25, -0.2) is 0 Å². The van der Waals surface area contributed by atoms with E-state index >= 15 is 0 Å². The van der Waals surface area contributed by atoms with Gasteiger partial charge in [0.15, 0.2) is 0 Å². The predicted octanol–water partition coefficient (Wildman–Crippen LogP) is 2.14. The maximum absolute atomic E-state index is 12.0. The molecule has 1 aromatic carbocycles. The lowest BCUT2D eigenvalue weighted by Crippen LogP contribution is -2.29. The highest BCUT2D eigenvalue weighted by Crippen LogP contribution is 2.22. The van der Waals surface area contributed by atoms with Crippen molar-refractivity contribution in [2.45, 2.75) is 6.92 Å². The van der Waals surface area contributed by atoms with Gasteiger partial charge in [-0.1, -0.05) is 12.1 Å². The molecule has 3 nitrogen and oxygen atoms in total. The van der Waals surface area contributed by atoms with Crippen molar-refractivity contribution in [1.29, 1.82) is 0 Å². The van der Waals surface area contributed by atoms with Crippen molar-refractivity contribution >= 4 is 17.7 Å². The Kier molecular flexibility index (Phi) is 4.68. The van der Waals surface area contributed by atoms with Crippen LogP contribution in [0.3, 0.4) is 0 Å². The number of hydrogen-bond acceptors (Lipinski definition) is 3. The van der Waals surface area contributed by atoms with E-state index in [1.165, 1.54) is 0 Å². The lowest BCUT2D eigenvalue weighted by Gasteiger charge is -2.17. The molecule has 1 amide bonds. The van der Waals surface area contributed by atoms with Crippen LogP contribution in [0.25, 0.3) is 0 Å². The van der Waals surface area contributed by atoms with Crippen molar-refractivity contribution in [2.24, 2.45) is 0 Å². The Balaban J connectivity index is 2.84. The van der Waals surface area contributed by atoms with Crippen LogP contribution in [-0.4, -0.2) is 41.5 Å². The van der Waals surface area contributed by atoms with Crippen LogP contribution in [0.2, 0.25) is 0 Å². The molecule has 0 saturated heterocycles. The van der Waals surface area contributed by atoms with Crippen molar-refractivity contribution in [3.05, 3.63) is 29.3 Å². The van der Waals surface area contributed by atoms with Crippen molar-refractivity contribution in [3.63, 3.8) is 0 Å². The van der Waals surface area contributed by atoms with E-state index in [1.54, 1.807) is 48.8 Å². The van der Waals surface area contributed by atoms with Crippen LogP contribution < -0.4 is 0 Å². The van der Waals surface area contributed by atoms with Gasteiger partial charge < -0.3 is 10.0 Å². The molecule has 1 aromatic rings. The first-order valence-corrected chi connectivity index (χ1v) is 6.50. The molecule has 0 atom stereocenters. The van der Waals surface area contributed by atoms with Gasteiger partial charge >= 0.3 is 0 Å². The molecular formula is C12H17NO2S. The van der Waals surface area contributed by atoms with Crippen LogP contribution in [0.1, 0.15) is 15.9 Å². The summed E-state index contributed by atoms with van der Waals surface area (Å²) >= 11 is 1.69. The second kappa shape index (κ2) is 5.80. The summed E-state index contributed by atoms with van der Waals surface area (Å²) in [4.78, 5) is 13.6. The average molecular weight is 239 g/mol. The van der Waals surface area contributed by atoms with Crippen LogP contribution in [0.15, 0.2) is 18.2 Å². The second-order valence-corrected chi connectivity index (χ2v) is 4.68. The standard InChI is InChI=1S/C12H17NO2S/c1-9-5-4-6-10(11(9)14)12(15)13(2)7-8-16-3/h4-6,14H,7-8H2,1-3H3. The lowest BCUT2D eigenvalue weighted by molar-refractivity contribution is 0.0800. The molecule has 0 aliphatic rings.